The molecule has 1 aliphatic heterocycles. The van der Waals surface area contributed by atoms with Gasteiger partial charge >= 0.3 is 6.03 Å². The number of amides is 3. The number of carbonyl (C=O) groups is 2. The molecule has 124 valence electrons. The Balaban J connectivity index is 1.60. The smallest absolute Gasteiger partial charge is 0.325 e. The predicted octanol–water partition coefficient (Wildman–Crippen LogP) is 3.01. The second-order valence-electron chi connectivity index (χ2n) is 5.75. The van der Waals surface area contributed by atoms with E-state index in [1.807, 2.05) is 31.2 Å². The standard InChI is InChI=1S/C18H18FN3O2/c1-13-2-8-16(9-3-13)22-11-10-21(18(22)24)12-17(23)20-15-6-4-14(19)5-7-15/h2-9H,10-12H2,1H3,(H,20,23). The first-order chi connectivity index (χ1) is 11.5. The van der Waals surface area contributed by atoms with Gasteiger partial charge in [0.25, 0.3) is 0 Å². The first-order valence-corrected chi connectivity index (χ1v) is 7.71. The summed E-state index contributed by atoms with van der Waals surface area (Å²) < 4.78 is 12.9. The molecule has 2 aromatic carbocycles. The van der Waals surface area contributed by atoms with E-state index in [9.17, 15) is 14.0 Å². The fourth-order valence-electron chi connectivity index (χ4n) is 2.60. The molecule has 24 heavy (non-hydrogen) atoms. The minimum atomic E-state index is -0.364. The van der Waals surface area contributed by atoms with Crippen molar-refractivity contribution in [2.75, 3.05) is 29.9 Å². The summed E-state index contributed by atoms with van der Waals surface area (Å²) in [6, 6.07) is 13.0. The van der Waals surface area contributed by atoms with Crippen molar-refractivity contribution >= 4 is 23.3 Å². The number of nitrogens with zero attached hydrogens (tertiary/aromatic N) is 2. The normalized spacial score (nSPS) is 14.2. The molecule has 0 atom stereocenters. The molecule has 0 unspecified atom stereocenters. The van der Waals surface area contributed by atoms with E-state index >= 15 is 0 Å². The van der Waals surface area contributed by atoms with Crippen LogP contribution >= 0.6 is 0 Å². The van der Waals surface area contributed by atoms with Gasteiger partial charge in [0.05, 0.1) is 0 Å². The quantitative estimate of drug-likeness (QED) is 0.938. The molecule has 6 heteroatoms. The van der Waals surface area contributed by atoms with Gasteiger partial charge in [-0.25, -0.2) is 9.18 Å². The summed E-state index contributed by atoms with van der Waals surface area (Å²) in [6.45, 7) is 3.00. The number of hydrogen-bond acceptors (Lipinski definition) is 2. The first-order valence-electron chi connectivity index (χ1n) is 7.71. The van der Waals surface area contributed by atoms with Crippen LogP contribution in [0.1, 0.15) is 5.56 Å². The molecule has 1 aliphatic rings. The molecule has 5 nitrogen and oxygen atoms in total. The lowest BCUT2D eigenvalue weighted by molar-refractivity contribution is -0.116. The van der Waals surface area contributed by atoms with Crippen LogP contribution in [0.15, 0.2) is 48.5 Å². The highest BCUT2D eigenvalue weighted by molar-refractivity contribution is 5.99. The molecular formula is C18H18FN3O2. The second-order valence-corrected chi connectivity index (χ2v) is 5.75. The van der Waals surface area contributed by atoms with E-state index < -0.39 is 0 Å². The molecule has 0 radical (unpaired) electrons. The van der Waals surface area contributed by atoms with E-state index in [0.717, 1.165) is 11.3 Å². The highest BCUT2D eigenvalue weighted by Crippen LogP contribution is 2.20. The Morgan fingerprint density at radius 2 is 1.75 bits per heavy atom. The Hall–Kier alpha value is -2.89. The van der Waals surface area contributed by atoms with Gasteiger partial charge in [0.15, 0.2) is 0 Å². The SMILES string of the molecule is Cc1ccc(N2CCN(CC(=O)Nc3ccc(F)cc3)C2=O)cc1. The Morgan fingerprint density at radius 3 is 2.42 bits per heavy atom. The minimum absolute atomic E-state index is 0.0292. The van der Waals surface area contributed by atoms with E-state index in [1.54, 1.807) is 4.90 Å². The molecule has 0 aliphatic carbocycles. The first kappa shape index (κ1) is 16.0. The fourth-order valence-corrected chi connectivity index (χ4v) is 2.60. The van der Waals surface area contributed by atoms with Gasteiger partial charge in [0, 0.05) is 24.5 Å². The molecule has 0 aromatic heterocycles. The molecule has 0 bridgehead atoms. The summed E-state index contributed by atoms with van der Waals surface area (Å²) in [6.07, 6.45) is 0. The maximum Gasteiger partial charge on any atom is 0.325 e. The maximum atomic E-state index is 12.9. The van der Waals surface area contributed by atoms with Crippen molar-refractivity contribution in [2.45, 2.75) is 6.92 Å². The summed E-state index contributed by atoms with van der Waals surface area (Å²) >= 11 is 0. The molecule has 3 rings (SSSR count). The average molecular weight is 327 g/mol. The highest BCUT2D eigenvalue weighted by atomic mass is 19.1. The van der Waals surface area contributed by atoms with E-state index in [-0.39, 0.29) is 24.3 Å². The molecule has 1 fully saturated rings. The summed E-state index contributed by atoms with van der Waals surface area (Å²) in [5, 5.41) is 2.66. The lowest BCUT2D eigenvalue weighted by Crippen LogP contribution is -2.37. The van der Waals surface area contributed by atoms with Crippen LogP contribution in [0.4, 0.5) is 20.6 Å². The van der Waals surface area contributed by atoms with Crippen LogP contribution in [0.2, 0.25) is 0 Å². The Bertz CT molecular complexity index is 744. The van der Waals surface area contributed by atoms with E-state index in [2.05, 4.69) is 5.32 Å². The number of rotatable bonds is 4. The van der Waals surface area contributed by atoms with Crippen molar-refractivity contribution in [3.63, 3.8) is 0 Å². The molecule has 0 saturated carbocycles. The van der Waals surface area contributed by atoms with Crippen LogP contribution in [-0.2, 0) is 4.79 Å². The number of halogens is 1. The molecule has 1 N–H and O–H groups in total. The van der Waals surface area contributed by atoms with Crippen molar-refractivity contribution in [2.24, 2.45) is 0 Å². The topological polar surface area (TPSA) is 52.6 Å². The van der Waals surface area contributed by atoms with Crippen molar-refractivity contribution < 1.29 is 14.0 Å². The maximum absolute atomic E-state index is 12.9. The summed E-state index contributed by atoms with van der Waals surface area (Å²) in [4.78, 5) is 27.7. The van der Waals surface area contributed by atoms with Crippen molar-refractivity contribution in [1.82, 2.24) is 4.90 Å². The zero-order valence-corrected chi connectivity index (χ0v) is 13.3. The van der Waals surface area contributed by atoms with E-state index in [1.165, 1.54) is 29.2 Å². The van der Waals surface area contributed by atoms with Gasteiger partial charge in [-0.05, 0) is 43.3 Å². The van der Waals surface area contributed by atoms with Crippen LogP contribution < -0.4 is 10.2 Å². The lowest BCUT2D eigenvalue weighted by atomic mass is 10.2. The van der Waals surface area contributed by atoms with Crippen LogP contribution in [-0.4, -0.2) is 36.5 Å². The van der Waals surface area contributed by atoms with Crippen LogP contribution in [0.5, 0.6) is 0 Å². The lowest BCUT2D eigenvalue weighted by Gasteiger charge is -2.18. The monoisotopic (exact) mass is 327 g/mol. The number of carbonyl (C=O) groups excluding carboxylic acids is 2. The summed E-state index contributed by atoms with van der Waals surface area (Å²) in [5.41, 5.74) is 2.46. The minimum Gasteiger partial charge on any atom is -0.325 e. The number of hydrogen-bond donors (Lipinski definition) is 1. The third kappa shape index (κ3) is 3.53. The number of aryl methyl sites for hydroxylation is 1. The molecular weight excluding hydrogens is 309 g/mol. The van der Waals surface area contributed by atoms with Gasteiger partial charge < -0.3 is 10.2 Å². The van der Waals surface area contributed by atoms with Gasteiger partial charge in [0.1, 0.15) is 12.4 Å². The Kier molecular flexibility index (Phi) is 4.46. The number of benzene rings is 2. The number of urea groups is 1. The van der Waals surface area contributed by atoms with Gasteiger partial charge in [-0.3, -0.25) is 9.69 Å². The Labute approximate surface area is 139 Å². The summed E-state index contributed by atoms with van der Waals surface area (Å²) in [5.74, 6) is -0.669. The van der Waals surface area contributed by atoms with Gasteiger partial charge in [0.2, 0.25) is 5.91 Å². The summed E-state index contributed by atoms with van der Waals surface area (Å²) in [7, 11) is 0. The van der Waals surface area contributed by atoms with Gasteiger partial charge in [-0.1, -0.05) is 17.7 Å². The van der Waals surface area contributed by atoms with Crippen LogP contribution in [0, 0.1) is 12.7 Å². The van der Waals surface area contributed by atoms with Gasteiger partial charge in [-0.2, -0.15) is 0 Å². The molecule has 2 aromatic rings. The van der Waals surface area contributed by atoms with Crippen molar-refractivity contribution in [1.29, 1.82) is 0 Å². The molecule has 1 heterocycles. The predicted molar refractivity (Wildman–Crippen MR) is 90.5 cm³/mol. The third-order valence-corrected chi connectivity index (χ3v) is 3.90. The highest BCUT2D eigenvalue weighted by Gasteiger charge is 2.30. The van der Waals surface area contributed by atoms with Crippen LogP contribution in [0.3, 0.4) is 0 Å². The Morgan fingerprint density at radius 1 is 1.08 bits per heavy atom. The second kappa shape index (κ2) is 6.70. The number of nitrogens with one attached hydrogen (secondary N) is 1. The van der Waals surface area contributed by atoms with E-state index in [0.29, 0.717) is 18.8 Å². The zero-order valence-electron chi connectivity index (χ0n) is 13.3. The van der Waals surface area contributed by atoms with E-state index in [4.69, 9.17) is 0 Å². The molecule has 0 spiro atoms. The third-order valence-electron chi connectivity index (χ3n) is 3.90. The van der Waals surface area contributed by atoms with Crippen molar-refractivity contribution in [3.8, 4) is 0 Å². The van der Waals surface area contributed by atoms with Crippen LogP contribution in [0.25, 0.3) is 0 Å². The molecule has 1 saturated heterocycles. The fraction of sp³-hybridized carbons (Fsp3) is 0.222. The average Bonchev–Trinajstić information content (AvgIpc) is 2.91. The molecule has 3 amide bonds. The van der Waals surface area contributed by atoms with Gasteiger partial charge in [-0.15, -0.1) is 0 Å². The van der Waals surface area contributed by atoms with Crippen molar-refractivity contribution in [3.05, 3.63) is 59.9 Å². The largest absolute Gasteiger partial charge is 0.325 e. The zero-order chi connectivity index (χ0) is 17.1. The number of anilines is 2.